The Labute approximate surface area is 180 Å². The Kier molecular flexibility index (Phi) is 4.82. The van der Waals surface area contributed by atoms with Gasteiger partial charge in [0.15, 0.2) is 0 Å². The first-order chi connectivity index (χ1) is 15.0. The van der Waals surface area contributed by atoms with Crippen LogP contribution in [-0.2, 0) is 6.54 Å². The highest BCUT2D eigenvalue weighted by Gasteiger charge is 2.24. The highest BCUT2D eigenvalue weighted by molar-refractivity contribution is 5.99. The molecule has 5 rings (SSSR count). The molecule has 7 heteroatoms. The number of amides is 1. The molecule has 1 aromatic heterocycles. The summed E-state index contributed by atoms with van der Waals surface area (Å²) in [5.74, 6) is -0.586. The van der Waals surface area contributed by atoms with Crippen LogP contribution in [0.5, 0.6) is 0 Å². The summed E-state index contributed by atoms with van der Waals surface area (Å²) in [6.07, 6.45) is 1.73. The van der Waals surface area contributed by atoms with Crippen LogP contribution in [0.1, 0.15) is 15.9 Å². The molecule has 0 saturated carbocycles. The molecule has 6 nitrogen and oxygen atoms in total. The van der Waals surface area contributed by atoms with Crippen molar-refractivity contribution in [3.8, 4) is 22.3 Å². The summed E-state index contributed by atoms with van der Waals surface area (Å²) < 4.78 is 14.6. The SMILES string of the molecule is CN1CCN(c2ccc(-c3cnc(N)c(-c4cc(F)c5c(c4)CNC5=O)c3)cc2)CC1. The zero-order chi connectivity index (χ0) is 21.5. The number of pyridine rings is 1. The molecular formula is C24H24FN5O. The molecule has 3 heterocycles. The number of benzene rings is 2. The minimum atomic E-state index is -0.538. The topological polar surface area (TPSA) is 74.5 Å². The van der Waals surface area contributed by atoms with Gasteiger partial charge in [-0.1, -0.05) is 12.1 Å². The summed E-state index contributed by atoms with van der Waals surface area (Å²) in [7, 11) is 2.15. The number of likely N-dealkylation sites (N-methyl/N-ethyl adjacent to an activating group) is 1. The van der Waals surface area contributed by atoms with E-state index in [1.54, 1.807) is 6.20 Å². The number of nitrogens with zero attached hydrogens (tertiary/aromatic N) is 3. The van der Waals surface area contributed by atoms with Crippen LogP contribution in [0.25, 0.3) is 22.3 Å². The van der Waals surface area contributed by atoms with E-state index in [0.29, 0.717) is 29.1 Å². The standard InChI is InChI=1S/C24H24FN5O/c1-29-6-8-30(9-7-29)19-4-2-15(3-5-19)17-11-20(23(26)27-13-17)16-10-18-14-28-24(31)22(18)21(25)12-16/h2-5,10-13H,6-9,14H2,1H3,(H2,26,27)(H,28,31). The molecule has 0 spiro atoms. The van der Waals surface area contributed by atoms with Gasteiger partial charge in [-0.2, -0.15) is 0 Å². The van der Waals surface area contributed by atoms with Crippen LogP contribution >= 0.6 is 0 Å². The van der Waals surface area contributed by atoms with Crippen molar-refractivity contribution in [3.05, 3.63) is 65.6 Å². The van der Waals surface area contributed by atoms with E-state index in [1.807, 2.05) is 12.1 Å². The van der Waals surface area contributed by atoms with Gasteiger partial charge in [0.2, 0.25) is 0 Å². The molecule has 0 radical (unpaired) electrons. The lowest BCUT2D eigenvalue weighted by Crippen LogP contribution is -2.44. The van der Waals surface area contributed by atoms with Gasteiger partial charge < -0.3 is 20.9 Å². The molecule has 0 unspecified atom stereocenters. The van der Waals surface area contributed by atoms with Crippen LogP contribution in [0.4, 0.5) is 15.9 Å². The third-order valence-corrected chi connectivity index (χ3v) is 6.14. The molecule has 0 atom stereocenters. The average molecular weight is 417 g/mol. The molecule has 31 heavy (non-hydrogen) atoms. The van der Waals surface area contributed by atoms with Crippen LogP contribution in [0.2, 0.25) is 0 Å². The Hall–Kier alpha value is -3.45. The molecule has 1 amide bonds. The number of hydrogen-bond acceptors (Lipinski definition) is 5. The minimum Gasteiger partial charge on any atom is -0.383 e. The fraction of sp³-hybridized carbons (Fsp3) is 0.250. The lowest BCUT2D eigenvalue weighted by Gasteiger charge is -2.34. The van der Waals surface area contributed by atoms with E-state index in [-0.39, 0.29) is 11.5 Å². The van der Waals surface area contributed by atoms with Crippen molar-refractivity contribution in [2.45, 2.75) is 6.54 Å². The number of anilines is 2. The minimum absolute atomic E-state index is 0.117. The normalized spacial score (nSPS) is 16.3. The Morgan fingerprint density at radius 2 is 1.74 bits per heavy atom. The van der Waals surface area contributed by atoms with E-state index in [9.17, 15) is 9.18 Å². The van der Waals surface area contributed by atoms with Crippen molar-refractivity contribution in [2.75, 3.05) is 43.9 Å². The molecule has 0 bridgehead atoms. The van der Waals surface area contributed by atoms with E-state index in [1.165, 1.54) is 11.8 Å². The molecule has 1 saturated heterocycles. The number of piperazine rings is 1. The molecule has 3 aromatic rings. The predicted octanol–water partition coefficient (Wildman–Crippen LogP) is 3.13. The van der Waals surface area contributed by atoms with Gasteiger partial charge in [-0.05, 0) is 54.1 Å². The summed E-state index contributed by atoms with van der Waals surface area (Å²) in [5, 5.41) is 2.66. The van der Waals surface area contributed by atoms with Crippen molar-refractivity contribution in [2.24, 2.45) is 0 Å². The maximum Gasteiger partial charge on any atom is 0.254 e. The monoisotopic (exact) mass is 417 g/mol. The Balaban J connectivity index is 1.45. The number of carbonyl (C=O) groups excluding carboxylic acids is 1. The second kappa shape index (κ2) is 7.67. The fourth-order valence-electron chi connectivity index (χ4n) is 4.27. The lowest BCUT2D eigenvalue weighted by molar-refractivity contribution is 0.0962. The second-order valence-corrected chi connectivity index (χ2v) is 8.17. The highest BCUT2D eigenvalue weighted by Crippen LogP contribution is 2.33. The van der Waals surface area contributed by atoms with Crippen LogP contribution < -0.4 is 16.0 Å². The van der Waals surface area contributed by atoms with Crippen molar-refractivity contribution in [1.29, 1.82) is 0 Å². The van der Waals surface area contributed by atoms with E-state index >= 15 is 0 Å². The van der Waals surface area contributed by atoms with Gasteiger partial charge in [-0.15, -0.1) is 0 Å². The van der Waals surface area contributed by atoms with Crippen LogP contribution in [-0.4, -0.2) is 49.0 Å². The van der Waals surface area contributed by atoms with Gasteiger partial charge in [-0.3, -0.25) is 4.79 Å². The van der Waals surface area contributed by atoms with E-state index in [4.69, 9.17) is 5.73 Å². The van der Waals surface area contributed by atoms with Crippen molar-refractivity contribution in [3.63, 3.8) is 0 Å². The van der Waals surface area contributed by atoms with E-state index in [2.05, 4.69) is 51.4 Å². The second-order valence-electron chi connectivity index (χ2n) is 8.17. The van der Waals surface area contributed by atoms with Crippen molar-refractivity contribution < 1.29 is 9.18 Å². The third-order valence-electron chi connectivity index (χ3n) is 6.14. The van der Waals surface area contributed by atoms with Gasteiger partial charge in [0.1, 0.15) is 11.6 Å². The maximum atomic E-state index is 14.6. The number of rotatable bonds is 3. The average Bonchev–Trinajstić information content (AvgIpc) is 3.16. The maximum absolute atomic E-state index is 14.6. The molecule has 3 N–H and O–H groups in total. The van der Waals surface area contributed by atoms with E-state index in [0.717, 1.165) is 37.3 Å². The summed E-state index contributed by atoms with van der Waals surface area (Å²) in [4.78, 5) is 20.9. The Bertz CT molecular complexity index is 1150. The number of aromatic nitrogens is 1. The number of nitrogen functional groups attached to an aromatic ring is 1. The first-order valence-electron chi connectivity index (χ1n) is 10.4. The smallest absolute Gasteiger partial charge is 0.254 e. The Morgan fingerprint density at radius 1 is 1.00 bits per heavy atom. The fourth-order valence-corrected chi connectivity index (χ4v) is 4.27. The van der Waals surface area contributed by atoms with Crippen LogP contribution in [0, 0.1) is 5.82 Å². The number of nitrogens with two attached hydrogens (primary N) is 1. The highest BCUT2D eigenvalue weighted by atomic mass is 19.1. The first kappa shape index (κ1) is 19.5. The zero-order valence-corrected chi connectivity index (χ0v) is 17.4. The van der Waals surface area contributed by atoms with Gasteiger partial charge in [0.05, 0.1) is 5.56 Å². The largest absolute Gasteiger partial charge is 0.383 e. The number of carbonyl (C=O) groups is 1. The molecule has 2 aliphatic heterocycles. The summed E-state index contributed by atoms with van der Waals surface area (Å²) in [6, 6.07) is 13.5. The number of hydrogen-bond donors (Lipinski definition) is 2. The van der Waals surface area contributed by atoms with Crippen molar-refractivity contribution in [1.82, 2.24) is 15.2 Å². The quantitative estimate of drug-likeness (QED) is 0.685. The van der Waals surface area contributed by atoms with Crippen LogP contribution in [0.3, 0.4) is 0 Å². The molecule has 0 aliphatic carbocycles. The first-order valence-corrected chi connectivity index (χ1v) is 10.4. The van der Waals surface area contributed by atoms with Crippen molar-refractivity contribution >= 4 is 17.4 Å². The molecule has 1 fully saturated rings. The number of fused-ring (bicyclic) bond motifs is 1. The molecule has 2 aliphatic rings. The van der Waals surface area contributed by atoms with Gasteiger partial charge >= 0.3 is 0 Å². The third kappa shape index (κ3) is 3.61. The van der Waals surface area contributed by atoms with Gasteiger partial charge in [-0.25, -0.2) is 9.37 Å². The van der Waals surface area contributed by atoms with E-state index < -0.39 is 5.82 Å². The molecular weight excluding hydrogens is 393 g/mol. The predicted molar refractivity (Wildman–Crippen MR) is 120 cm³/mol. The van der Waals surface area contributed by atoms with Crippen LogP contribution in [0.15, 0.2) is 48.7 Å². The summed E-state index contributed by atoms with van der Waals surface area (Å²) in [5.41, 5.74) is 11.3. The molecule has 2 aromatic carbocycles. The van der Waals surface area contributed by atoms with Gasteiger partial charge in [0.25, 0.3) is 5.91 Å². The molecule has 158 valence electrons. The lowest BCUT2D eigenvalue weighted by atomic mass is 9.97. The Morgan fingerprint density at radius 3 is 2.48 bits per heavy atom. The van der Waals surface area contributed by atoms with Gasteiger partial charge in [0, 0.05) is 55.7 Å². The zero-order valence-electron chi connectivity index (χ0n) is 17.4. The number of nitrogens with one attached hydrogen (secondary N) is 1. The number of halogens is 1. The summed E-state index contributed by atoms with van der Waals surface area (Å²) in [6.45, 7) is 4.48. The summed E-state index contributed by atoms with van der Waals surface area (Å²) >= 11 is 0.